The van der Waals surface area contributed by atoms with Gasteiger partial charge in [0.2, 0.25) is 12.7 Å². The summed E-state index contributed by atoms with van der Waals surface area (Å²) >= 11 is 0. The molecule has 1 fully saturated rings. The molecule has 0 radical (unpaired) electrons. The zero-order valence-corrected chi connectivity index (χ0v) is 16.9. The summed E-state index contributed by atoms with van der Waals surface area (Å²) in [5, 5.41) is 11.7. The SMILES string of the molecule is O=C(Cc1ccc2c(c1)OCO2)N1CCN(c2ccc(Nc3ccccn3)nn2)CC1. The lowest BCUT2D eigenvalue weighted by molar-refractivity contribution is -0.130. The van der Waals surface area contributed by atoms with Crippen LogP contribution in [0.5, 0.6) is 11.5 Å². The van der Waals surface area contributed by atoms with E-state index in [0.29, 0.717) is 44.2 Å². The molecule has 4 heterocycles. The zero-order chi connectivity index (χ0) is 21.0. The summed E-state index contributed by atoms with van der Waals surface area (Å²) in [5.74, 6) is 3.70. The Bertz CT molecular complexity index is 1050. The number of hydrogen-bond acceptors (Lipinski definition) is 8. The number of nitrogens with one attached hydrogen (secondary N) is 1. The van der Waals surface area contributed by atoms with Crippen molar-refractivity contribution in [3.8, 4) is 11.5 Å². The Kier molecular flexibility index (Phi) is 5.22. The average molecular weight is 418 g/mol. The van der Waals surface area contributed by atoms with Gasteiger partial charge in [0.15, 0.2) is 23.1 Å². The Hall–Kier alpha value is -3.88. The zero-order valence-electron chi connectivity index (χ0n) is 16.9. The topological polar surface area (TPSA) is 92.7 Å². The number of piperazine rings is 1. The van der Waals surface area contributed by atoms with Gasteiger partial charge in [0.1, 0.15) is 5.82 Å². The molecule has 0 spiro atoms. The summed E-state index contributed by atoms with van der Waals surface area (Å²) in [6, 6.07) is 15.1. The smallest absolute Gasteiger partial charge is 0.231 e. The number of rotatable bonds is 5. The summed E-state index contributed by atoms with van der Waals surface area (Å²) < 4.78 is 10.7. The number of benzene rings is 1. The van der Waals surface area contributed by atoms with Gasteiger partial charge in [-0.25, -0.2) is 4.98 Å². The van der Waals surface area contributed by atoms with Crippen LogP contribution in [0, 0.1) is 0 Å². The fraction of sp³-hybridized carbons (Fsp3) is 0.273. The van der Waals surface area contributed by atoms with E-state index in [1.54, 1.807) is 6.20 Å². The third-order valence-electron chi connectivity index (χ3n) is 5.32. The second kappa shape index (κ2) is 8.47. The Morgan fingerprint density at radius 1 is 0.935 bits per heavy atom. The number of amides is 1. The van der Waals surface area contributed by atoms with Crippen LogP contribution >= 0.6 is 0 Å². The fourth-order valence-electron chi connectivity index (χ4n) is 3.65. The highest BCUT2D eigenvalue weighted by Crippen LogP contribution is 2.32. The van der Waals surface area contributed by atoms with E-state index in [2.05, 4.69) is 25.4 Å². The molecule has 2 aliphatic heterocycles. The first-order valence-corrected chi connectivity index (χ1v) is 10.2. The molecule has 2 aromatic heterocycles. The molecule has 1 amide bonds. The van der Waals surface area contributed by atoms with E-state index in [0.717, 1.165) is 22.9 Å². The number of pyridine rings is 1. The van der Waals surface area contributed by atoms with Gasteiger partial charge in [0.25, 0.3) is 0 Å². The highest BCUT2D eigenvalue weighted by molar-refractivity contribution is 5.79. The number of carbonyl (C=O) groups is 1. The van der Waals surface area contributed by atoms with E-state index >= 15 is 0 Å². The fourth-order valence-corrected chi connectivity index (χ4v) is 3.65. The molecule has 9 heteroatoms. The first-order chi connectivity index (χ1) is 15.2. The van der Waals surface area contributed by atoms with Crippen LogP contribution in [0.2, 0.25) is 0 Å². The second-order valence-corrected chi connectivity index (χ2v) is 7.35. The predicted octanol–water partition coefficient (Wildman–Crippen LogP) is 2.24. The maximum absolute atomic E-state index is 12.7. The molecule has 0 bridgehead atoms. The van der Waals surface area contributed by atoms with Gasteiger partial charge in [-0.2, -0.15) is 0 Å². The molecule has 158 valence electrons. The van der Waals surface area contributed by atoms with Crippen molar-refractivity contribution >= 4 is 23.4 Å². The standard InChI is InChI=1S/C22H22N6O3/c29-22(14-16-4-5-17-18(13-16)31-15-30-17)28-11-9-27(10-12-28)21-7-6-20(25-26-21)24-19-3-1-2-8-23-19/h1-8,13H,9-12,14-15H2,(H,23,24,25). The number of aromatic nitrogens is 3. The predicted molar refractivity (Wildman–Crippen MR) is 115 cm³/mol. The van der Waals surface area contributed by atoms with Crippen molar-refractivity contribution in [2.24, 2.45) is 0 Å². The Labute approximate surface area is 179 Å². The van der Waals surface area contributed by atoms with E-state index in [9.17, 15) is 4.79 Å². The van der Waals surface area contributed by atoms with Gasteiger partial charge in [-0.3, -0.25) is 4.79 Å². The van der Waals surface area contributed by atoms with Crippen molar-refractivity contribution in [3.05, 3.63) is 60.3 Å². The Morgan fingerprint density at radius 2 is 1.81 bits per heavy atom. The van der Waals surface area contributed by atoms with Gasteiger partial charge in [0, 0.05) is 32.4 Å². The molecule has 9 nitrogen and oxygen atoms in total. The van der Waals surface area contributed by atoms with Crippen molar-refractivity contribution in [1.29, 1.82) is 0 Å². The Balaban J connectivity index is 1.14. The summed E-state index contributed by atoms with van der Waals surface area (Å²) in [6.45, 7) is 2.97. The van der Waals surface area contributed by atoms with Crippen LogP contribution < -0.4 is 19.7 Å². The molecule has 0 aliphatic carbocycles. The van der Waals surface area contributed by atoms with Crippen molar-refractivity contribution < 1.29 is 14.3 Å². The summed E-state index contributed by atoms with van der Waals surface area (Å²) in [6.07, 6.45) is 2.07. The molecule has 3 aromatic rings. The first-order valence-electron chi connectivity index (χ1n) is 10.2. The lowest BCUT2D eigenvalue weighted by atomic mass is 10.1. The van der Waals surface area contributed by atoms with Gasteiger partial charge in [-0.15, -0.1) is 10.2 Å². The van der Waals surface area contributed by atoms with Crippen LogP contribution in [0.3, 0.4) is 0 Å². The summed E-state index contributed by atoms with van der Waals surface area (Å²) in [5.41, 5.74) is 0.929. The van der Waals surface area contributed by atoms with Crippen LogP contribution in [0.15, 0.2) is 54.7 Å². The van der Waals surface area contributed by atoms with E-state index < -0.39 is 0 Å². The first kappa shape index (κ1) is 19.1. The third kappa shape index (κ3) is 4.35. The van der Waals surface area contributed by atoms with Crippen LogP contribution in [0.25, 0.3) is 0 Å². The third-order valence-corrected chi connectivity index (χ3v) is 5.32. The van der Waals surface area contributed by atoms with Crippen LogP contribution in [0.4, 0.5) is 17.5 Å². The van der Waals surface area contributed by atoms with E-state index in [4.69, 9.17) is 9.47 Å². The van der Waals surface area contributed by atoms with Crippen molar-refractivity contribution in [1.82, 2.24) is 20.1 Å². The molecular formula is C22H22N6O3. The molecule has 1 N–H and O–H groups in total. The van der Waals surface area contributed by atoms with E-state index in [1.807, 2.05) is 53.4 Å². The molecule has 0 atom stereocenters. The van der Waals surface area contributed by atoms with E-state index in [1.165, 1.54) is 0 Å². The minimum atomic E-state index is 0.111. The number of fused-ring (bicyclic) bond motifs is 1. The minimum absolute atomic E-state index is 0.111. The van der Waals surface area contributed by atoms with Gasteiger partial charge in [-0.05, 0) is 42.0 Å². The van der Waals surface area contributed by atoms with Crippen LogP contribution in [-0.4, -0.2) is 59.0 Å². The molecule has 0 unspecified atom stereocenters. The largest absolute Gasteiger partial charge is 0.454 e. The number of nitrogens with zero attached hydrogens (tertiary/aromatic N) is 5. The van der Waals surface area contributed by atoms with Crippen molar-refractivity contribution in [2.45, 2.75) is 6.42 Å². The summed E-state index contributed by atoms with van der Waals surface area (Å²) in [7, 11) is 0. The van der Waals surface area contributed by atoms with Crippen molar-refractivity contribution in [2.75, 3.05) is 43.2 Å². The lowest BCUT2D eigenvalue weighted by Crippen LogP contribution is -2.49. The average Bonchev–Trinajstić information content (AvgIpc) is 3.28. The molecule has 1 saturated heterocycles. The molecule has 2 aliphatic rings. The van der Waals surface area contributed by atoms with Crippen LogP contribution in [0.1, 0.15) is 5.56 Å². The molecule has 1 aromatic carbocycles. The highest BCUT2D eigenvalue weighted by atomic mass is 16.7. The number of anilines is 3. The van der Waals surface area contributed by atoms with Gasteiger partial charge >= 0.3 is 0 Å². The normalized spacial score (nSPS) is 15.1. The van der Waals surface area contributed by atoms with Gasteiger partial charge in [-0.1, -0.05) is 12.1 Å². The molecular weight excluding hydrogens is 396 g/mol. The molecule has 31 heavy (non-hydrogen) atoms. The minimum Gasteiger partial charge on any atom is -0.454 e. The molecule has 5 rings (SSSR count). The monoisotopic (exact) mass is 418 g/mol. The van der Waals surface area contributed by atoms with E-state index in [-0.39, 0.29) is 12.7 Å². The van der Waals surface area contributed by atoms with Gasteiger partial charge in [0.05, 0.1) is 6.42 Å². The number of hydrogen-bond donors (Lipinski definition) is 1. The Morgan fingerprint density at radius 3 is 2.58 bits per heavy atom. The molecule has 0 saturated carbocycles. The maximum atomic E-state index is 12.7. The van der Waals surface area contributed by atoms with Crippen molar-refractivity contribution in [3.63, 3.8) is 0 Å². The van der Waals surface area contributed by atoms with Crippen LogP contribution in [-0.2, 0) is 11.2 Å². The number of carbonyl (C=O) groups excluding carboxylic acids is 1. The highest BCUT2D eigenvalue weighted by Gasteiger charge is 2.23. The second-order valence-electron chi connectivity index (χ2n) is 7.35. The van der Waals surface area contributed by atoms with Gasteiger partial charge < -0.3 is 24.6 Å². The summed E-state index contributed by atoms with van der Waals surface area (Å²) in [4.78, 5) is 21.0. The quantitative estimate of drug-likeness (QED) is 0.674. The maximum Gasteiger partial charge on any atom is 0.231 e. The lowest BCUT2D eigenvalue weighted by Gasteiger charge is -2.35. The number of ether oxygens (including phenoxy) is 2.